The molecule has 156 valence electrons. The van der Waals surface area contributed by atoms with Crippen molar-refractivity contribution in [2.24, 2.45) is 11.3 Å². The van der Waals surface area contributed by atoms with E-state index in [0.717, 1.165) is 24.8 Å². The summed E-state index contributed by atoms with van der Waals surface area (Å²) in [6.07, 6.45) is 2.76. The van der Waals surface area contributed by atoms with Crippen molar-refractivity contribution in [3.8, 4) is 5.75 Å². The molecule has 29 heavy (non-hydrogen) atoms. The van der Waals surface area contributed by atoms with Gasteiger partial charge in [-0.15, -0.1) is 11.3 Å². The number of methoxy groups -OCH3 is 1. The van der Waals surface area contributed by atoms with Crippen molar-refractivity contribution in [3.63, 3.8) is 0 Å². The molecule has 3 rings (SSSR count). The highest BCUT2D eigenvalue weighted by molar-refractivity contribution is 7.17. The summed E-state index contributed by atoms with van der Waals surface area (Å²) in [5.74, 6) is 0.387. The number of fused-ring (bicyclic) bond motifs is 1. The Morgan fingerprint density at radius 1 is 1.24 bits per heavy atom. The normalized spacial score (nSPS) is 16.1. The first kappa shape index (κ1) is 21.4. The molecule has 0 fully saturated rings. The Balaban J connectivity index is 1.95. The van der Waals surface area contributed by atoms with Crippen LogP contribution >= 0.6 is 11.3 Å². The highest BCUT2D eigenvalue weighted by Crippen LogP contribution is 2.44. The van der Waals surface area contributed by atoms with Crippen molar-refractivity contribution in [2.75, 3.05) is 19.0 Å². The smallest absolute Gasteiger partial charge is 0.341 e. The predicted molar refractivity (Wildman–Crippen MR) is 116 cm³/mol. The number of benzene rings is 1. The number of rotatable bonds is 5. The van der Waals surface area contributed by atoms with Gasteiger partial charge in [0.2, 0.25) is 0 Å². The summed E-state index contributed by atoms with van der Waals surface area (Å²) in [4.78, 5) is 26.7. The molecular formula is C23H29NO4S. The molecule has 1 aromatic carbocycles. The van der Waals surface area contributed by atoms with E-state index in [0.29, 0.717) is 34.4 Å². The van der Waals surface area contributed by atoms with Crippen LogP contribution < -0.4 is 10.1 Å². The van der Waals surface area contributed by atoms with Crippen LogP contribution in [0.4, 0.5) is 5.00 Å². The van der Waals surface area contributed by atoms with E-state index >= 15 is 0 Å². The second-order valence-electron chi connectivity index (χ2n) is 8.39. The van der Waals surface area contributed by atoms with Crippen LogP contribution in [0.5, 0.6) is 5.75 Å². The monoisotopic (exact) mass is 415 g/mol. The van der Waals surface area contributed by atoms with E-state index in [1.807, 2.05) is 13.0 Å². The van der Waals surface area contributed by atoms with Gasteiger partial charge in [-0.25, -0.2) is 4.79 Å². The summed E-state index contributed by atoms with van der Waals surface area (Å²) in [6, 6.07) is 7.12. The minimum Gasteiger partial charge on any atom is -0.493 e. The molecule has 0 radical (unpaired) electrons. The Morgan fingerprint density at radius 2 is 1.97 bits per heavy atom. The largest absolute Gasteiger partial charge is 0.493 e. The van der Waals surface area contributed by atoms with Crippen LogP contribution in [0.1, 0.15) is 65.3 Å². The molecule has 1 heterocycles. The number of esters is 1. The molecule has 1 aliphatic carbocycles. The number of carbonyl (C=O) groups excluding carboxylic acids is 2. The van der Waals surface area contributed by atoms with Gasteiger partial charge in [0, 0.05) is 4.88 Å². The number of hydrogen-bond acceptors (Lipinski definition) is 5. The van der Waals surface area contributed by atoms with Gasteiger partial charge in [0.05, 0.1) is 24.8 Å². The molecule has 0 saturated heterocycles. The van der Waals surface area contributed by atoms with Crippen molar-refractivity contribution in [1.29, 1.82) is 0 Å². The van der Waals surface area contributed by atoms with E-state index in [9.17, 15) is 9.59 Å². The number of carbonyl (C=O) groups is 2. The lowest BCUT2D eigenvalue weighted by Crippen LogP contribution is -2.26. The lowest BCUT2D eigenvalue weighted by molar-refractivity contribution is 0.0600. The third-order valence-corrected chi connectivity index (χ3v) is 6.71. The zero-order valence-corrected chi connectivity index (χ0v) is 18.6. The zero-order valence-electron chi connectivity index (χ0n) is 17.8. The van der Waals surface area contributed by atoms with E-state index in [-0.39, 0.29) is 11.3 Å². The molecule has 1 N–H and O–H groups in total. The Morgan fingerprint density at radius 3 is 2.62 bits per heavy atom. The number of anilines is 1. The van der Waals surface area contributed by atoms with E-state index in [4.69, 9.17) is 9.47 Å². The summed E-state index contributed by atoms with van der Waals surface area (Å²) >= 11 is 1.49. The zero-order chi connectivity index (χ0) is 21.2. The van der Waals surface area contributed by atoms with E-state index < -0.39 is 5.97 Å². The molecule has 1 amide bonds. The average Bonchev–Trinajstić information content (AvgIpc) is 3.04. The molecule has 1 unspecified atom stereocenters. The van der Waals surface area contributed by atoms with E-state index in [2.05, 4.69) is 26.1 Å². The fraction of sp³-hybridized carbons (Fsp3) is 0.478. The molecule has 0 bridgehead atoms. The molecule has 0 spiro atoms. The highest BCUT2D eigenvalue weighted by Gasteiger charge is 2.34. The molecule has 0 aliphatic heterocycles. The maximum absolute atomic E-state index is 13.0. The summed E-state index contributed by atoms with van der Waals surface area (Å²) in [5, 5.41) is 3.51. The van der Waals surface area contributed by atoms with Crippen molar-refractivity contribution < 1.29 is 19.1 Å². The summed E-state index contributed by atoms with van der Waals surface area (Å²) in [5.41, 5.74) is 2.18. The number of thiophene rings is 1. The SMILES string of the molecule is CCOc1ccccc1C(=O)Nc1sc2c(c1C(=O)OC)CCC(C(C)(C)C)C2. The minimum absolute atomic E-state index is 0.201. The fourth-order valence-electron chi connectivity index (χ4n) is 3.84. The third kappa shape index (κ3) is 4.47. The van der Waals surface area contributed by atoms with Gasteiger partial charge in [0.15, 0.2) is 0 Å². The van der Waals surface area contributed by atoms with Crippen LogP contribution in [-0.4, -0.2) is 25.6 Å². The van der Waals surface area contributed by atoms with Crippen LogP contribution in [0.25, 0.3) is 0 Å². The first-order chi connectivity index (χ1) is 13.8. The van der Waals surface area contributed by atoms with Gasteiger partial charge in [0.25, 0.3) is 5.91 Å². The van der Waals surface area contributed by atoms with Crippen molar-refractivity contribution >= 4 is 28.2 Å². The molecular weight excluding hydrogens is 386 g/mol. The maximum Gasteiger partial charge on any atom is 0.341 e. The van der Waals surface area contributed by atoms with Gasteiger partial charge in [-0.05, 0) is 55.2 Å². The number of nitrogens with one attached hydrogen (secondary N) is 1. The molecule has 1 aliphatic rings. The minimum atomic E-state index is -0.398. The van der Waals surface area contributed by atoms with Crippen LogP contribution in [0.2, 0.25) is 0 Å². The van der Waals surface area contributed by atoms with Crippen LogP contribution in [0.15, 0.2) is 24.3 Å². The molecule has 1 atom stereocenters. The van der Waals surface area contributed by atoms with Crippen molar-refractivity contribution in [3.05, 3.63) is 45.8 Å². The maximum atomic E-state index is 13.0. The second kappa shape index (κ2) is 8.57. The number of hydrogen-bond donors (Lipinski definition) is 1. The predicted octanol–water partition coefficient (Wildman–Crippen LogP) is 5.34. The van der Waals surface area contributed by atoms with Gasteiger partial charge in [0.1, 0.15) is 10.8 Å². The van der Waals surface area contributed by atoms with Crippen molar-refractivity contribution in [2.45, 2.75) is 47.0 Å². The fourth-order valence-corrected chi connectivity index (χ4v) is 5.15. The van der Waals surface area contributed by atoms with Gasteiger partial charge in [-0.2, -0.15) is 0 Å². The van der Waals surface area contributed by atoms with Crippen LogP contribution in [0.3, 0.4) is 0 Å². The average molecular weight is 416 g/mol. The van der Waals surface area contributed by atoms with E-state index in [1.165, 1.54) is 23.3 Å². The summed E-state index contributed by atoms with van der Waals surface area (Å²) < 4.78 is 10.6. The van der Waals surface area contributed by atoms with E-state index in [1.54, 1.807) is 18.2 Å². The van der Waals surface area contributed by atoms with Crippen LogP contribution in [0, 0.1) is 11.3 Å². The van der Waals surface area contributed by atoms with Crippen molar-refractivity contribution in [1.82, 2.24) is 0 Å². The Hall–Kier alpha value is -2.34. The summed E-state index contributed by atoms with van der Waals surface area (Å²) in [7, 11) is 1.38. The molecule has 0 saturated carbocycles. The lowest BCUT2D eigenvalue weighted by atomic mass is 9.72. The Bertz CT molecular complexity index is 910. The number of amides is 1. The lowest BCUT2D eigenvalue weighted by Gasteiger charge is -2.33. The van der Waals surface area contributed by atoms with Gasteiger partial charge < -0.3 is 14.8 Å². The third-order valence-electron chi connectivity index (χ3n) is 5.54. The molecule has 6 heteroatoms. The van der Waals surface area contributed by atoms with Gasteiger partial charge in [-0.1, -0.05) is 32.9 Å². The number of para-hydroxylation sites is 1. The van der Waals surface area contributed by atoms with Crippen LogP contribution in [-0.2, 0) is 17.6 Å². The standard InChI is InChI=1S/C23H29NO4S/c1-6-28-17-10-8-7-9-15(17)20(25)24-21-19(22(26)27-5)16-12-11-14(23(2,3)4)13-18(16)29-21/h7-10,14H,6,11-13H2,1-5H3,(H,24,25). The van der Waals surface area contributed by atoms with Gasteiger partial charge >= 0.3 is 5.97 Å². The Kier molecular flexibility index (Phi) is 6.32. The highest BCUT2D eigenvalue weighted by atomic mass is 32.1. The Labute approximate surface area is 176 Å². The first-order valence-corrected chi connectivity index (χ1v) is 10.8. The summed E-state index contributed by atoms with van der Waals surface area (Å²) in [6.45, 7) is 9.11. The number of ether oxygens (including phenoxy) is 2. The topological polar surface area (TPSA) is 64.6 Å². The first-order valence-electron chi connectivity index (χ1n) is 10.0. The second-order valence-corrected chi connectivity index (χ2v) is 9.49. The molecule has 5 nitrogen and oxygen atoms in total. The molecule has 1 aromatic heterocycles. The van der Waals surface area contributed by atoms with Gasteiger partial charge in [-0.3, -0.25) is 4.79 Å². The molecule has 2 aromatic rings. The quantitative estimate of drug-likeness (QED) is 0.670.